The van der Waals surface area contributed by atoms with Gasteiger partial charge in [0.25, 0.3) is 0 Å². The molecule has 2 fully saturated rings. The maximum atomic E-state index is 12.7. The van der Waals surface area contributed by atoms with Gasteiger partial charge in [0, 0.05) is 50.0 Å². The predicted molar refractivity (Wildman–Crippen MR) is 122 cm³/mol. The van der Waals surface area contributed by atoms with Crippen LogP contribution in [0.5, 0.6) is 0 Å². The van der Waals surface area contributed by atoms with Gasteiger partial charge in [-0.15, -0.1) is 0 Å². The number of carbonyl (C=O) groups excluding carboxylic acids is 2. The van der Waals surface area contributed by atoms with Crippen molar-refractivity contribution < 1.29 is 9.59 Å². The molecule has 1 aromatic rings. The molecule has 0 atom stereocenters. The van der Waals surface area contributed by atoms with Gasteiger partial charge in [0.05, 0.1) is 13.1 Å². The van der Waals surface area contributed by atoms with Crippen LogP contribution in [-0.4, -0.2) is 78.9 Å². The van der Waals surface area contributed by atoms with Crippen LogP contribution in [0.1, 0.15) is 44.2 Å². The van der Waals surface area contributed by atoms with E-state index in [0.29, 0.717) is 18.1 Å². The van der Waals surface area contributed by atoms with Crippen LogP contribution in [-0.2, 0) is 22.4 Å². The Morgan fingerprint density at radius 2 is 1.53 bits per heavy atom. The third-order valence-electron chi connectivity index (χ3n) is 6.24. The molecule has 2 saturated heterocycles. The second-order valence-electron chi connectivity index (χ2n) is 8.31. The standard InChI is InChI=1S/C23H35ClN4O2/c1-3-18-8-9-20(24)19(4-2)23(18)25-21(29)16-26-12-14-27(15-13-26)17-22(30)28-10-6-5-7-11-28/h8-9H,3-7,10-17H2,1-2H3,(H,25,29). The van der Waals surface area contributed by atoms with Crippen molar-refractivity contribution in [3.63, 3.8) is 0 Å². The summed E-state index contributed by atoms with van der Waals surface area (Å²) in [6.45, 7) is 10.1. The van der Waals surface area contributed by atoms with Crippen LogP contribution in [0.4, 0.5) is 5.69 Å². The van der Waals surface area contributed by atoms with Gasteiger partial charge < -0.3 is 10.2 Å². The highest BCUT2D eigenvalue weighted by molar-refractivity contribution is 6.32. The van der Waals surface area contributed by atoms with Crippen molar-refractivity contribution in [2.75, 3.05) is 57.7 Å². The molecular formula is C23H35ClN4O2. The van der Waals surface area contributed by atoms with Crippen LogP contribution >= 0.6 is 11.6 Å². The molecule has 1 aromatic carbocycles. The van der Waals surface area contributed by atoms with Crippen LogP contribution in [0.25, 0.3) is 0 Å². The van der Waals surface area contributed by atoms with Crippen LogP contribution in [0.15, 0.2) is 12.1 Å². The molecule has 7 heteroatoms. The summed E-state index contributed by atoms with van der Waals surface area (Å²) in [7, 11) is 0. The smallest absolute Gasteiger partial charge is 0.238 e. The molecule has 1 N–H and O–H groups in total. The van der Waals surface area contributed by atoms with Crippen LogP contribution in [0.3, 0.4) is 0 Å². The van der Waals surface area contributed by atoms with Gasteiger partial charge in [-0.3, -0.25) is 19.4 Å². The Hall–Kier alpha value is -1.63. The fourth-order valence-corrected chi connectivity index (χ4v) is 4.68. The highest BCUT2D eigenvalue weighted by atomic mass is 35.5. The summed E-state index contributed by atoms with van der Waals surface area (Å²) in [5.41, 5.74) is 3.00. The zero-order valence-electron chi connectivity index (χ0n) is 18.4. The minimum Gasteiger partial charge on any atom is -0.342 e. The van der Waals surface area contributed by atoms with Gasteiger partial charge >= 0.3 is 0 Å². The number of nitrogens with one attached hydrogen (secondary N) is 1. The minimum absolute atomic E-state index is 0.000454. The summed E-state index contributed by atoms with van der Waals surface area (Å²) in [5.74, 6) is 0.251. The summed E-state index contributed by atoms with van der Waals surface area (Å²) in [5, 5.41) is 3.82. The van der Waals surface area contributed by atoms with Crippen LogP contribution in [0.2, 0.25) is 5.02 Å². The summed E-state index contributed by atoms with van der Waals surface area (Å²) >= 11 is 6.35. The van der Waals surface area contributed by atoms with E-state index in [1.165, 1.54) is 6.42 Å². The minimum atomic E-state index is -0.000454. The number of halogens is 1. The summed E-state index contributed by atoms with van der Waals surface area (Å²) in [4.78, 5) is 31.6. The third kappa shape index (κ3) is 5.96. The molecule has 3 rings (SSSR count). The van der Waals surface area contributed by atoms with Crippen molar-refractivity contribution >= 4 is 29.1 Å². The van der Waals surface area contributed by atoms with E-state index < -0.39 is 0 Å². The number of piperazine rings is 1. The lowest BCUT2D eigenvalue weighted by atomic mass is 10.0. The van der Waals surface area contributed by atoms with Gasteiger partial charge in [-0.1, -0.05) is 31.5 Å². The second-order valence-corrected chi connectivity index (χ2v) is 8.72. The van der Waals surface area contributed by atoms with E-state index in [9.17, 15) is 9.59 Å². The number of hydrogen-bond donors (Lipinski definition) is 1. The number of amides is 2. The van der Waals surface area contributed by atoms with E-state index >= 15 is 0 Å². The lowest BCUT2D eigenvalue weighted by Crippen LogP contribution is -2.51. The topological polar surface area (TPSA) is 55.9 Å². The number of likely N-dealkylation sites (tertiary alicyclic amines) is 1. The highest BCUT2D eigenvalue weighted by Gasteiger charge is 2.24. The maximum Gasteiger partial charge on any atom is 0.238 e. The Kier molecular flexibility index (Phi) is 8.54. The van der Waals surface area contributed by atoms with Crippen molar-refractivity contribution in [3.05, 3.63) is 28.3 Å². The van der Waals surface area contributed by atoms with E-state index in [2.05, 4.69) is 29.0 Å². The lowest BCUT2D eigenvalue weighted by molar-refractivity contribution is -0.134. The number of nitrogens with zero attached hydrogens (tertiary/aromatic N) is 3. The number of benzene rings is 1. The van der Waals surface area contributed by atoms with E-state index in [-0.39, 0.29) is 11.8 Å². The Labute approximate surface area is 185 Å². The Morgan fingerprint density at radius 1 is 0.900 bits per heavy atom. The van der Waals surface area contributed by atoms with E-state index in [1.54, 1.807) is 0 Å². The number of aryl methyl sites for hydroxylation is 1. The molecule has 2 aliphatic rings. The maximum absolute atomic E-state index is 12.7. The molecule has 2 heterocycles. The molecule has 6 nitrogen and oxygen atoms in total. The van der Waals surface area contributed by atoms with Gasteiger partial charge in [0.2, 0.25) is 11.8 Å². The van der Waals surface area contributed by atoms with Crippen molar-refractivity contribution in [2.24, 2.45) is 0 Å². The molecule has 0 unspecified atom stereocenters. The molecule has 0 bridgehead atoms. The monoisotopic (exact) mass is 434 g/mol. The SMILES string of the molecule is CCc1ccc(Cl)c(CC)c1NC(=O)CN1CCN(CC(=O)N2CCCCC2)CC1. The second kappa shape index (κ2) is 11.1. The Bertz CT molecular complexity index is 741. The van der Waals surface area contributed by atoms with Gasteiger partial charge in [-0.25, -0.2) is 0 Å². The molecular weight excluding hydrogens is 400 g/mol. The van der Waals surface area contributed by atoms with Gasteiger partial charge in [-0.05, 0) is 49.3 Å². The summed E-state index contributed by atoms with van der Waals surface area (Å²) in [6.07, 6.45) is 5.12. The average Bonchev–Trinajstić information content (AvgIpc) is 2.76. The molecule has 0 aliphatic carbocycles. The van der Waals surface area contributed by atoms with Crippen LogP contribution in [0, 0.1) is 0 Å². The first-order chi connectivity index (χ1) is 14.5. The zero-order valence-corrected chi connectivity index (χ0v) is 19.1. The number of hydrogen-bond acceptors (Lipinski definition) is 4. The molecule has 166 valence electrons. The van der Waals surface area contributed by atoms with E-state index in [0.717, 1.165) is 81.8 Å². The zero-order chi connectivity index (χ0) is 21.5. The normalized spacial score (nSPS) is 18.4. The molecule has 30 heavy (non-hydrogen) atoms. The molecule has 0 saturated carbocycles. The highest BCUT2D eigenvalue weighted by Crippen LogP contribution is 2.29. The first-order valence-electron chi connectivity index (χ1n) is 11.3. The molecule has 0 radical (unpaired) electrons. The van der Waals surface area contributed by atoms with Gasteiger partial charge in [-0.2, -0.15) is 0 Å². The first-order valence-corrected chi connectivity index (χ1v) is 11.7. The molecule has 0 aromatic heterocycles. The summed E-state index contributed by atoms with van der Waals surface area (Å²) in [6, 6.07) is 3.91. The average molecular weight is 435 g/mol. The number of anilines is 1. The number of carbonyl (C=O) groups is 2. The number of piperidine rings is 1. The molecule has 2 aliphatic heterocycles. The van der Waals surface area contributed by atoms with Gasteiger partial charge in [0.15, 0.2) is 0 Å². The lowest BCUT2D eigenvalue weighted by Gasteiger charge is -2.35. The quantitative estimate of drug-likeness (QED) is 0.716. The largest absolute Gasteiger partial charge is 0.342 e. The third-order valence-corrected chi connectivity index (χ3v) is 6.59. The fourth-order valence-electron chi connectivity index (χ4n) is 4.39. The molecule has 2 amide bonds. The Balaban J connectivity index is 1.48. The summed E-state index contributed by atoms with van der Waals surface area (Å²) < 4.78 is 0. The van der Waals surface area contributed by atoms with Crippen molar-refractivity contribution in [2.45, 2.75) is 46.0 Å². The van der Waals surface area contributed by atoms with E-state index in [1.807, 2.05) is 17.0 Å². The van der Waals surface area contributed by atoms with Gasteiger partial charge in [0.1, 0.15) is 0 Å². The Morgan fingerprint density at radius 3 is 2.13 bits per heavy atom. The van der Waals surface area contributed by atoms with Crippen molar-refractivity contribution in [1.82, 2.24) is 14.7 Å². The van der Waals surface area contributed by atoms with Crippen LogP contribution < -0.4 is 5.32 Å². The van der Waals surface area contributed by atoms with Crippen molar-refractivity contribution in [3.8, 4) is 0 Å². The van der Waals surface area contributed by atoms with Crippen molar-refractivity contribution in [1.29, 1.82) is 0 Å². The predicted octanol–water partition coefficient (Wildman–Crippen LogP) is 3.03. The fraction of sp³-hybridized carbons (Fsp3) is 0.652. The first kappa shape index (κ1) is 23.0. The molecule has 0 spiro atoms. The number of rotatable bonds is 7. The van der Waals surface area contributed by atoms with E-state index in [4.69, 9.17) is 11.6 Å².